The Labute approximate surface area is 239 Å². The van der Waals surface area contributed by atoms with Gasteiger partial charge in [-0.1, -0.05) is 42.5 Å². The number of guanidine groups is 1. The van der Waals surface area contributed by atoms with E-state index in [0.717, 1.165) is 40.1 Å². The molecule has 1 N–H and O–H groups in total. The molecule has 0 spiro atoms. The highest BCUT2D eigenvalue weighted by Gasteiger charge is 2.50. The lowest BCUT2D eigenvalue weighted by Gasteiger charge is -2.27. The Morgan fingerprint density at radius 2 is 1.80 bits per heavy atom. The number of methoxy groups -OCH3 is 1. The maximum Gasteiger partial charge on any atom is 0.266 e. The summed E-state index contributed by atoms with van der Waals surface area (Å²) in [4.78, 5) is 20.9. The molecule has 2 aliphatic heterocycles. The van der Waals surface area contributed by atoms with Crippen molar-refractivity contribution in [2.24, 2.45) is 4.99 Å². The van der Waals surface area contributed by atoms with E-state index in [1.807, 2.05) is 78.9 Å². The topological polar surface area (TPSA) is 86.9 Å². The lowest BCUT2D eigenvalue weighted by atomic mass is 9.80. The first-order valence-corrected chi connectivity index (χ1v) is 12.7. The molecule has 40 heavy (non-hydrogen) atoms. The molecule has 7 nitrogen and oxygen atoms in total. The largest absolute Gasteiger partial charge is 0.497 e. The number of ether oxygens (including phenoxy) is 2. The molecule has 0 fully saturated rings. The van der Waals surface area contributed by atoms with Gasteiger partial charge in [-0.15, -0.1) is 12.4 Å². The summed E-state index contributed by atoms with van der Waals surface area (Å²) >= 11 is 0. The summed E-state index contributed by atoms with van der Waals surface area (Å²) in [6, 6.07) is 30.8. The van der Waals surface area contributed by atoms with E-state index >= 15 is 0 Å². The van der Waals surface area contributed by atoms with Crippen molar-refractivity contribution in [1.82, 2.24) is 4.90 Å². The number of fused-ring (bicyclic) bond motifs is 1. The van der Waals surface area contributed by atoms with E-state index in [1.54, 1.807) is 31.2 Å². The van der Waals surface area contributed by atoms with Gasteiger partial charge in [0.25, 0.3) is 5.91 Å². The second kappa shape index (κ2) is 10.8. The number of hydrogen-bond acceptors (Lipinski definition) is 6. The monoisotopic (exact) mass is 550 g/mol. The molecule has 1 unspecified atom stereocenters. The van der Waals surface area contributed by atoms with Gasteiger partial charge >= 0.3 is 0 Å². The molecule has 200 valence electrons. The van der Waals surface area contributed by atoms with Crippen molar-refractivity contribution in [3.05, 3.63) is 113 Å². The zero-order valence-electron chi connectivity index (χ0n) is 22.0. The van der Waals surface area contributed by atoms with Crippen LogP contribution in [0.2, 0.25) is 0 Å². The van der Waals surface area contributed by atoms with Gasteiger partial charge in [-0.05, 0) is 70.8 Å². The smallest absolute Gasteiger partial charge is 0.266 e. The lowest BCUT2D eigenvalue weighted by Crippen LogP contribution is -2.41. The molecule has 0 saturated heterocycles. The third-order valence-corrected chi connectivity index (χ3v) is 7.28. The van der Waals surface area contributed by atoms with E-state index in [0.29, 0.717) is 29.4 Å². The summed E-state index contributed by atoms with van der Waals surface area (Å²) in [6.07, 6.45) is 0.775. The van der Waals surface area contributed by atoms with Crippen LogP contribution in [0.4, 0.5) is 5.69 Å². The maximum atomic E-state index is 14.3. The van der Waals surface area contributed by atoms with Crippen LogP contribution in [0.25, 0.3) is 11.1 Å². The zero-order chi connectivity index (χ0) is 27.0. The summed E-state index contributed by atoms with van der Waals surface area (Å²) in [7, 11) is 3.33. The van der Waals surface area contributed by atoms with Crippen molar-refractivity contribution in [2.45, 2.75) is 12.0 Å². The first-order valence-electron chi connectivity index (χ1n) is 12.7. The summed E-state index contributed by atoms with van der Waals surface area (Å²) in [5.41, 5.74) is 4.05. The van der Waals surface area contributed by atoms with E-state index < -0.39 is 5.54 Å². The highest BCUT2D eigenvalue weighted by molar-refractivity contribution is 6.13. The number of halogens is 1. The van der Waals surface area contributed by atoms with Crippen molar-refractivity contribution in [1.29, 1.82) is 5.26 Å². The fourth-order valence-electron chi connectivity index (χ4n) is 5.24. The third kappa shape index (κ3) is 4.42. The number of nitriles is 1. The maximum absolute atomic E-state index is 14.3. The molecule has 0 bridgehead atoms. The number of hydrogen-bond donors (Lipinski definition) is 1. The van der Waals surface area contributed by atoms with E-state index in [2.05, 4.69) is 11.4 Å². The molecule has 0 aliphatic carbocycles. The third-order valence-electron chi connectivity index (χ3n) is 7.28. The molecular weight excluding hydrogens is 524 g/mol. The van der Waals surface area contributed by atoms with Crippen LogP contribution in [0.15, 0.2) is 96.0 Å². The van der Waals surface area contributed by atoms with Gasteiger partial charge in [-0.3, -0.25) is 9.69 Å². The van der Waals surface area contributed by atoms with Gasteiger partial charge in [0.1, 0.15) is 11.5 Å². The molecule has 4 aromatic carbocycles. The Bertz CT molecular complexity index is 1660. The average Bonchev–Trinajstić information content (AvgIpc) is 3.56. The van der Waals surface area contributed by atoms with E-state index in [1.165, 1.54) is 0 Å². The number of carbonyl (C=O) groups is 1. The average molecular weight is 551 g/mol. The number of carbonyl (C=O) groups excluding carboxylic acids is 1. The minimum Gasteiger partial charge on any atom is -0.497 e. The first kappa shape index (κ1) is 26.8. The second-order valence-corrected chi connectivity index (χ2v) is 9.53. The summed E-state index contributed by atoms with van der Waals surface area (Å²) in [5.74, 6) is 1.76. The minimum absolute atomic E-state index is 0. The van der Waals surface area contributed by atoms with E-state index in [9.17, 15) is 10.1 Å². The van der Waals surface area contributed by atoms with Crippen molar-refractivity contribution in [2.75, 3.05) is 26.1 Å². The number of benzene rings is 4. The van der Waals surface area contributed by atoms with E-state index in [-0.39, 0.29) is 18.3 Å². The summed E-state index contributed by atoms with van der Waals surface area (Å²) in [6.45, 7) is 0.617. The second-order valence-electron chi connectivity index (χ2n) is 9.53. The number of anilines is 1. The highest BCUT2D eigenvalue weighted by atomic mass is 35.5. The normalized spacial score (nSPS) is 17.3. The van der Waals surface area contributed by atoms with Gasteiger partial charge in [0.15, 0.2) is 5.54 Å². The fraction of sp³-hybridized carbons (Fsp3) is 0.156. The quantitative estimate of drug-likeness (QED) is 0.341. The number of amides is 1. The van der Waals surface area contributed by atoms with Crippen molar-refractivity contribution in [3.8, 4) is 28.7 Å². The van der Waals surface area contributed by atoms with Crippen LogP contribution in [0, 0.1) is 11.3 Å². The number of aliphatic imine (C=N–C) groups is 1. The minimum atomic E-state index is -1.33. The zero-order valence-corrected chi connectivity index (χ0v) is 22.9. The Morgan fingerprint density at radius 3 is 2.58 bits per heavy atom. The van der Waals surface area contributed by atoms with Crippen LogP contribution in [-0.4, -0.2) is 37.5 Å². The summed E-state index contributed by atoms with van der Waals surface area (Å²) < 4.78 is 11.2. The molecular formula is C32H27ClN4O3. The molecule has 2 aliphatic rings. The Kier molecular flexibility index (Phi) is 7.20. The molecule has 0 saturated carbocycles. The molecule has 6 rings (SSSR count). The van der Waals surface area contributed by atoms with Gasteiger partial charge in [-0.25, -0.2) is 4.99 Å². The van der Waals surface area contributed by atoms with Crippen LogP contribution in [0.5, 0.6) is 11.5 Å². The number of likely N-dealkylation sites (N-methyl/N-ethyl adjacent to an activating group) is 1. The van der Waals surface area contributed by atoms with Crippen LogP contribution in [0.3, 0.4) is 0 Å². The molecule has 2 heterocycles. The standard InChI is InChI=1S/C32H26N4O3.ClH/c1-36-30(37)32(25-12-14-29-22(18-25)15-16-39-29,35-31(36)34-26-9-4-3-5-10-26)24-8-6-7-21(17-24)28-19-27(38-2)13-11-23(28)20-33;/h3-14,17-19H,15-16H2,1-2H3,(H,34,35);1H. The van der Waals surface area contributed by atoms with Crippen molar-refractivity contribution in [3.63, 3.8) is 0 Å². The van der Waals surface area contributed by atoms with Crippen LogP contribution in [-0.2, 0) is 16.8 Å². The van der Waals surface area contributed by atoms with E-state index in [4.69, 9.17) is 14.5 Å². The summed E-state index contributed by atoms with van der Waals surface area (Å²) in [5, 5.41) is 13.1. The number of nitrogens with zero attached hydrogens (tertiary/aromatic N) is 3. The predicted octanol–water partition coefficient (Wildman–Crippen LogP) is 5.77. The molecule has 1 amide bonds. The Balaban J connectivity index is 0.00000323. The van der Waals surface area contributed by atoms with Crippen molar-refractivity contribution < 1.29 is 14.3 Å². The number of para-hydroxylation sites is 1. The van der Waals surface area contributed by atoms with Crippen LogP contribution in [0.1, 0.15) is 22.3 Å². The van der Waals surface area contributed by atoms with Gasteiger partial charge in [0.05, 0.1) is 25.3 Å². The fourth-order valence-corrected chi connectivity index (χ4v) is 5.24. The van der Waals surface area contributed by atoms with Gasteiger partial charge in [0, 0.05) is 24.7 Å². The molecule has 0 radical (unpaired) electrons. The molecule has 1 atom stereocenters. The SMILES string of the molecule is COc1ccc(C#N)c(-c2cccc(C3(c4ccc5c(c4)CCO5)N=C(Nc4ccccc4)N(C)C3=O)c2)c1.Cl. The number of nitrogens with one attached hydrogen (secondary N) is 1. The highest BCUT2D eigenvalue weighted by Crippen LogP contribution is 2.43. The lowest BCUT2D eigenvalue weighted by molar-refractivity contribution is -0.129. The van der Waals surface area contributed by atoms with Crippen molar-refractivity contribution >= 4 is 30.0 Å². The Hall–Kier alpha value is -4.80. The first-order chi connectivity index (χ1) is 19.0. The van der Waals surface area contributed by atoms with Gasteiger partial charge in [0.2, 0.25) is 5.96 Å². The van der Waals surface area contributed by atoms with Crippen LogP contribution < -0.4 is 14.8 Å². The predicted molar refractivity (Wildman–Crippen MR) is 157 cm³/mol. The number of rotatable bonds is 5. The molecule has 8 heteroatoms. The van der Waals surface area contributed by atoms with Crippen LogP contribution >= 0.6 is 12.4 Å². The molecule has 4 aromatic rings. The Morgan fingerprint density at radius 1 is 1.00 bits per heavy atom. The van der Waals surface area contributed by atoms with Gasteiger partial charge in [-0.2, -0.15) is 5.26 Å². The molecule has 0 aromatic heterocycles. The van der Waals surface area contributed by atoms with Gasteiger partial charge < -0.3 is 14.8 Å².